The minimum atomic E-state index is -0.0348. The zero-order valence-electron chi connectivity index (χ0n) is 32.4. The molecule has 1 unspecified atom stereocenters. The molecule has 0 radical (unpaired) electrons. The number of ether oxygens (including phenoxy) is 1. The fraction of sp³-hybridized carbons (Fsp3) is 0.479. The number of nitrogens with zero attached hydrogens (tertiary/aromatic N) is 1. The van der Waals surface area contributed by atoms with Gasteiger partial charge in [0.25, 0.3) is 0 Å². The number of methoxy groups -OCH3 is 1. The SMILES string of the molecule is COc1ccc(N2c3cc(C)c(C=CC4=C(Sc5ccccc5)C(=CC=O)CC(C)(C)C4)cc3C(C)CC2(C)C)cc1C12CC3CC(CC(C3)C1)C2. The van der Waals surface area contributed by atoms with Crippen LogP contribution in [0.25, 0.3) is 6.08 Å². The van der Waals surface area contributed by atoms with Crippen LogP contribution in [0, 0.1) is 30.1 Å². The van der Waals surface area contributed by atoms with Crippen molar-refractivity contribution >= 4 is 35.5 Å². The maximum absolute atomic E-state index is 11.8. The molecule has 4 saturated carbocycles. The fourth-order valence-corrected chi connectivity index (χ4v) is 12.8. The molecule has 0 aromatic heterocycles. The highest BCUT2D eigenvalue weighted by atomic mass is 32.2. The van der Waals surface area contributed by atoms with Crippen LogP contribution in [0.4, 0.5) is 11.4 Å². The van der Waals surface area contributed by atoms with Gasteiger partial charge in [-0.05, 0) is 189 Å². The number of allylic oxidation sites excluding steroid dienone is 4. The van der Waals surface area contributed by atoms with Crippen molar-refractivity contribution in [2.24, 2.45) is 23.2 Å². The molecule has 4 fully saturated rings. The summed E-state index contributed by atoms with van der Waals surface area (Å²) in [6.07, 6.45) is 18.7. The number of hydrogen-bond acceptors (Lipinski definition) is 4. The molecule has 9 rings (SSSR count). The Balaban J connectivity index is 1.18. The zero-order chi connectivity index (χ0) is 36.4. The van der Waals surface area contributed by atoms with E-state index in [4.69, 9.17) is 4.74 Å². The second kappa shape index (κ2) is 13.4. The highest BCUT2D eigenvalue weighted by Crippen LogP contribution is 2.62. The minimum Gasteiger partial charge on any atom is -0.496 e. The number of hydrogen-bond donors (Lipinski definition) is 0. The van der Waals surface area contributed by atoms with E-state index in [0.29, 0.717) is 5.92 Å². The van der Waals surface area contributed by atoms with Gasteiger partial charge in [0.05, 0.1) is 7.11 Å². The number of aldehydes is 1. The van der Waals surface area contributed by atoms with Gasteiger partial charge in [-0.15, -0.1) is 0 Å². The van der Waals surface area contributed by atoms with E-state index >= 15 is 0 Å². The van der Waals surface area contributed by atoms with Crippen LogP contribution in [0.2, 0.25) is 0 Å². The van der Waals surface area contributed by atoms with Crippen LogP contribution in [-0.2, 0) is 10.2 Å². The Morgan fingerprint density at radius 2 is 1.54 bits per heavy atom. The monoisotopic (exact) mass is 711 g/mol. The number of carbonyl (C=O) groups is 1. The average Bonchev–Trinajstić information content (AvgIpc) is 3.08. The Morgan fingerprint density at radius 3 is 2.19 bits per heavy atom. The molecule has 3 aromatic rings. The van der Waals surface area contributed by atoms with Crippen LogP contribution >= 0.6 is 11.8 Å². The van der Waals surface area contributed by atoms with Crippen LogP contribution < -0.4 is 9.64 Å². The zero-order valence-corrected chi connectivity index (χ0v) is 33.2. The molecule has 4 heteroatoms. The first kappa shape index (κ1) is 35.5. The molecule has 1 heterocycles. The van der Waals surface area contributed by atoms with E-state index in [9.17, 15) is 4.79 Å². The topological polar surface area (TPSA) is 29.5 Å². The van der Waals surface area contributed by atoms with Crippen molar-refractivity contribution in [2.45, 2.75) is 121 Å². The summed E-state index contributed by atoms with van der Waals surface area (Å²) >= 11 is 1.79. The summed E-state index contributed by atoms with van der Waals surface area (Å²) in [6, 6.07) is 22.6. The van der Waals surface area contributed by atoms with Gasteiger partial charge in [-0.2, -0.15) is 0 Å². The normalized spacial score (nSPS) is 29.5. The maximum Gasteiger partial charge on any atom is 0.143 e. The molecule has 0 amide bonds. The third-order valence-electron chi connectivity index (χ3n) is 13.3. The van der Waals surface area contributed by atoms with Gasteiger partial charge in [0.15, 0.2) is 0 Å². The predicted molar refractivity (Wildman–Crippen MR) is 219 cm³/mol. The van der Waals surface area contributed by atoms with Crippen LogP contribution in [0.1, 0.15) is 121 Å². The Kier molecular flexibility index (Phi) is 9.16. The van der Waals surface area contributed by atoms with Gasteiger partial charge in [0.2, 0.25) is 0 Å². The Morgan fingerprint density at radius 1 is 0.846 bits per heavy atom. The smallest absolute Gasteiger partial charge is 0.143 e. The van der Waals surface area contributed by atoms with Crippen molar-refractivity contribution in [3.8, 4) is 5.75 Å². The quantitative estimate of drug-likeness (QED) is 0.172. The van der Waals surface area contributed by atoms with Crippen LogP contribution in [0.5, 0.6) is 5.75 Å². The first-order chi connectivity index (χ1) is 24.9. The molecule has 3 nitrogen and oxygen atoms in total. The van der Waals surface area contributed by atoms with E-state index < -0.39 is 0 Å². The summed E-state index contributed by atoms with van der Waals surface area (Å²) in [5.74, 6) is 4.18. The van der Waals surface area contributed by atoms with Gasteiger partial charge in [-0.3, -0.25) is 4.79 Å². The molecule has 1 atom stereocenters. The van der Waals surface area contributed by atoms with E-state index in [1.165, 1.54) is 87.5 Å². The fourth-order valence-electron chi connectivity index (χ4n) is 11.7. The van der Waals surface area contributed by atoms with E-state index in [1.807, 2.05) is 7.11 Å². The first-order valence-corrected chi connectivity index (χ1v) is 20.6. The number of carbonyl (C=O) groups excluding carboxylic acids is 1. The number of rotatable bonds is 8. The van der Waals surface area contributed by atoms with Gasteiger partial charge in [-0.1, -0.05) is 62.9 Å². The number of benzene rings is 3. The van der Waals surface area contributed by atoms with Crippen molar-refractivity contribution in [1.82, 2.24) is 0 Å². The van der Waals surface area contributed by atoms with Gasteiger partial charge in [0.1, 0.15) is 12.0 Å². The molecule has 5 aliphatic carbocycles. The molecule has 0 N–H and O–H groups in total. The molecule has 52 heavy (non-hydrogen) atoms. The van der Waals surface area contributed by atoms with Crippen molar-refractivity contribution in [3.63, 3.8) is 0 Å². The molecule has 4 bridgehead atoms. The summed E-state index contributed by atoms with van der Waals surface area (Å²) in [5, 5.41) is 0. The van der Waals surface area contributed by atoms with Crippen molar-refractivity contribution in [2.75, 3.05) is 12.0 Å². The standard InChI is InChI=1S/C48H57NO2S/c1-31-19-43-41(23-36(31)13-14-37-29-46(3,4)30-38(17-18-50)45(37)52-40-11-9-8-10-12-40)32(2)25-47(5,6)49(43)39-15-16-44(51-7)42(24-39)48-26-33-20-34(27-48)22-35(21-33)28-48/h8-19,23-24,32-35H,20-22,25-30H2,1-7H3. The predicted octanol–water partition coefficient (Wildman–Crippen LogP) is 12.9. The summed E-state index contributed by atoms with van der Waals surface area (Å²) in [6.45, 7) is 14.2. The number of thioether (sulfide) groups is 1. The van der Waals surface area contributed by atoms with Gasteiger partial charge in [0, 0.05) is 32.3 Å². The molecule has 3 aromatic carbocycles. The lowest BCUT2D eigenvalue weighted by Crippen LogP contribution is -2.49. The molecule has 6 aliphatic rings. The van der Waals surface area contributed by atoms with E-state index in [-0.39, 0.29) is 16.4 Å². The first-order valence-electron chi connectivity index (χ1n) is 19.8. The van der Waals surface area contributed by atoms with Crippen LogP contribution in [-0.4, -0.2) is 18.9 Å². The van der Waals surface area contributed by atoms with Crippen LogP contribution in [0.3, 0.4) is 0 Å². The van der Waals surface area contributed by atoms with Gasteiger partial charge >= 0.3 is 0 Å². The summed E-state index contributed by atoms with van der Waals surface area (Å²) in [4.78, 5) is 16.9. The molecule has 0 spiro atoms. The molecular weight excluding hydrogens is 655 g/mol. The number of fused-ring (bicyclic) bond motifs is 1. The molecule has 272 valence electrons. The van der Waals surface area contributed by atoms with E-state index in [0.717, 1.165) is 54.6 Å². The Labute approximate surface area is 317 Å². The van der Waals surface area contributed by atoms with Gasteiger partial charge < -0.3 is 9.64 Å². The number of anilines is 2. The average molecular weight is 712 g/mol. The molecular formula is C48H57NO2S. The minimum absolute atomic E-state index is 0.0348. The Bertz CT molecular complexity index is 1930. The molecule has 0 saturated heterocycles. The maximum atomic E-state index is 11.8. The Hall–Kier alpha value is -3.50. The largest absolute Gasteiger partial charge is 0.496 e. The molecule has 1 aliphatic heterocycles. The lowest BCUT2D eigenvalue weighted by Gasteiger charge is -2.57. The highest BCUT2D eigenvalue weighted by Gasteiger charge is 2.53. The second-order valence-electron chi connectivity index (χ2n) is 18.6. The second-order valence-corrected chi connectivity index (χ2v) is 19.6. The lowest BCUT2D eigenvalue weighted by atomic mass is 9.48. The van der Waals surface area contributed by atoms with Gasteiger partial charge in [-0.25, -0.2) is 0 Å². The van der Waals surface area contributed by atoms with E-state index in [2.05, 4.69) is 119 Å². The summed E-state index contributed by atoms with van der Waals surface area (Å²) in [7, 11) is 1.87. The van der Waals surface area contributed by atoms with Crippen LogP contribution in [0.15, 0.2) is 93.8 Å². The van der Waals surface area contributed by atoms with Crippen molar-refractivity contribution in [1.29, 1.82) is 0 Å². The number of aryl methyl sites for hydroxylation is 1. The van der Waals surface area contributed by atoms with Crippen molar-refractivity contribution in [3.05, 3.63) is 111 Å². The van der Waals surface area contributed by atoms with Crippen molar-refractivity contribution < 1.29 is 9.53 Å². The lowest BCUT2D eigenvalue weighted by molar-refractivity contribution is -0.104. The summed E-state index contributed by atoms with van der Waals surface area (Å²) < 4.78 is 6.15. The third-order valence-corrected chi connectivity index (χ3v) is 14.5. The van der Waals surface area contributed by atoms with E-state index in [1.54, 1.807) is 17.8 Å². The highest BCUT2D eigenvalue weighted by molar-refractivity contribution is 8.03. The summed E-state index contributed by atoms with van der Waals surface area (Å²) in [5.41, 5.74) is 10.9. The third kappa shape index (κ3) is 6.52.